The molecule has 2 aliphatic rings. The minimum absolute atomic E-state index is 0.00440. The Kier molecular flexibility index (Phi) is 6.03. The Morgan fingerprint density at radius 2 is 1.96 bits per heavy atom. The number of methoxy groups -OCH3 is 1. The lowest BCUT2D eigenvalue weighted by molar-refractivity contribution is -1.02. The molecule has 6 nitrogen and oxygen atoms in total. The van der Waals surface area contributed by atoms with Crippen LogP contribution in [0.4, 0.5) is 0 Å². The smallest absolute Gasteiger partial charge is 0.276 e. The molecular formula is C21H32N4O2+2. The van der Waals surface area contributed by atoms with Gasteiger partial charge in [0, 0.05) is 5.56 Å². The first kappa shape index (κ1) is 19.7. The van der Waals surface area contributed by atoms with Gasteiger partial charge in [0.2, 0.25) is 0 Å². The molecule has 1 aliphatic heterocycles. The van der Waals surface area contributed by atoms with E-state index in [0.29, 0.717) is 12.5 Å². The van der Waals surface area contributed by atoms with Crippen LogP contribution in [0.3, 0.4) is 0 Å². The Balaban J connectivity index is 1.47. The van der Waals surface area contributed by atoms with Crippen LogP contribution in [0, 0.1) is 24.2 Å². The number of quaternary nitrogens is 2. The number of hydrogen-bond donors (Lipinski definition) is 3. The molecule has 1 saturated carbocycles. The van der Waals surface area contributed by atoms with Gasteiger partial charge in [0.1, 0.15) is 44.0 Å². The van der Waals surface area contributed by atoms with Crippen molar-refractivity contribution >= 4 is 5.91 Å². The Hall–Kier alpha value is -2.10. The maximum absolute atomic E-state index is 12.4. The van der Waals surface area contributed by atoms with Crippen LogP contribution in [-0.2, 0) is 11.3 Å². The topological polar surface area (TPSA) is 71.0 Å². The van der Waals surface area contributed by atoms with E-state index in [2.05, 4.69) is 30.4 Å². The van der Waals surface area contributed by atoms with Crippen LogP contribution in [0.25, 0.3) is 0 Å². The number of rotatable bonds is 7. The minimum atomic E-state index is -0.689. The van der Waals surface area contributed by atoms with Crippen LogP contribution in [0.1, 0.15) is 30.9 Å². The molecule has 0 spiro atoms. The zero-order chi connectivity index (χ0) is 19.4. The van der Waals surface area contributed by atoms with Crippen molar-refractivity contribution in [2.24, 2.45) is 5.92 Å². The highest BCUT2D eigenvalue weighted by Crippen LogP contribution is 2.39. The van der Waals surface area contributed by atoms with E-state index in [1.165, 1.54) is 20.9 Å². The predicted molar refractivity (Wildman–Crippen MR) is 103 cm³/mol. The fourth-order valence-electron chi connectivity index (χ4n) is 4.07. The lowest BCUT2D eigenvalue weighted by Gasteiger charge is -2.30. The molecule has 0 bridgehead atoms. The van der Waals surface area contributed by atoms with Crippen LogP contribution in [0.5, 0.6) is 5.75 Å². The summed E-state index contributed by atoms with van der Waals surface area (Å²) in [5.74, 6) is 1.29. The molecule has 0 radical (unpaired) electrons. The van der Waals surface area contributed by atoms with E-state index in [1.54, 1.807) is 7.11 Å². The van der Waals surface area contributed by atoms with Gasteiger partial charge in [0.25, 0.3) is 5.91 Å². The Labute approximate surface area is 162 Å². The second-order valence-electron chi connectivity index (χ2n) is 8.31. The summed E-state index contributed by atoms with van der Waals surface area (Å²) in [4.78, 5) is 15.2. The summed E-state index contributed by atoms with van der Waals surface area (Å²) in [6.45, 7) is 9.41. The maximum atomic E-state index is 12.4. The number of piperazine rings is 1. The second-order valence-corrected chi connectivity index (χ2v) is 8.31. The largest absolute Gasteiger partial charge is 0.496 e. The molecule has 3 rings (SSSR count). The molecule has 1 heterocycles. The predicted octanol–water partition coefficient (Wildman–Crippen LogP) is -0.904. The van der Waals surface area contributed by atoms with Crippen molar-refractivity contribution in [3.05, 3.63) is 29.3 Å². The third kappa shape index (κ3) is 5.00. The van der Waals surface area contributed by atoms with Crippen molar-refractivity contribution in [3.63, 3.8) is 0 Å². The Morgan fingerprint density at radius 1 is 1.30 bits per heavy atom. The Morgan fingerprint density at radius 3 is 2.56 bits per heavy atom. The van der Waals surface area contributed by atoms with Gasteiger partial charge in [0.05, 0.1) is 13.2 Å². The average Bonchev–Trinajstić information content (AvgIpc) is 3.49. The lowest BCUT2D eigenvalue weighted by atomic mass is 9.98. The van der Waals surface area contributed by atoms with Crippen molar-refractivity contribution < 1.29 is 19.3 Å². The first-order chi connectivity index (χ1) is 12.9. The molecule has 0 aromatic heterocycles. The highest BCUT2D eigenvalue weighted by Gasteiger charge is 2.43. The van der Waals surface area contributed by atoms with Crippen LogP contribution >= 0.6 is 0 Å². The molecule has 1 atom stereocenters. The van der Waals surface area contributed by atoms with Crippen molar-refractivity contribution in [2.45, 2.75) is 38.8 Å². The maximum Gasteiger partial charge on any atom is 0.276 e. The van der Waals surface area contributed by atoms with Crippen molar-refractivity contribution in [1.29, 1.82) is 5.26 Å². The zero-order valence-electron chi connectivity index (χ0n) is 16.7. The highest BCUT2D eigenvalue weighted by atomic mass is 16.5. The summed E-state index contributed by atoms with van der Waals surface area (Å²) in [6.07, 6.45) is 2.09. The number of nitrogens with zero attached hydrogens (tertiary/aromatic N) is 1. The number of hydrogen-bond acceptors (Lipinski definition) is 3. The van der Waals surface area contributed by atoms with Crippen LogP contribution < -0.4 is 19.9 Å². The number of benzene rings is 1. The van der Waals surface area contributed by atoms with Gasteiger partial charge in [-0.1, -0.05) is 11.6 Å². The van der Waals surface area contributed by atoms with Gasteiger partial charge in [-0.2, -0.15) is 5.26 Å². The van der Waals surface area contributed by atoms with Crippen LogP contribution in [0.15, 0.2) is 18.2 Å². The second kappa shape index (κ2) is 8.28. The van der Waals surface area contributed by atoms with Crippen molar-refractivity contribution in [1.82, 2.24) is 5.32 Å². The summed E-state index contributed by atoms with van der Waals surface area (Å²) in [5.41, 5.74) is 1.82. The van der Waals surface area contributed by atoms with E-state index < -0.39 is 5.54 Å². The van der Waals surface area contributed by atoms with Gasteiger partial charge < -0.3 is 19.9 Å². The molecule has 2 fully saturated rings. The van der Waals surface area contributed by atoms with E-state index in [4.69, 9.17) is 4.74 Å². The van der Waals surface area contributed by atoms with Gasteiger partial charge >= 0.3 is 0 Å². The summed E-state index contributed by atoms with van der Waals surface area (Å²) < 4.78 is 5.50. The van der Waals surface area contributed by atoms with E-state index in [1.807, 2.05) is 13.0 Å². The summed E-state index contributed by atoms with van der Waals surface area (Å²) in [7, 11) is 1.72. The SMILES string of the molecule is COc1ccc(C)cc1C[NH+]1CC[NH+](CC(=O)N[C@](C)(C#N)C2CC2)CC1. The molecular weight excluding hydrogens is 340 g/mol. The standard InChI is InChI=1S/C21H30N4O2/c1-16-4-7-19(27-3)17(12-16)13-24-8-10-25(11-9-24)14-20(26)23-21(2,15-22)18-5-6-18/h4,7,12,18H,5-6,8-11,13-14H2,1-3H3,(H,23,26)/p+2/t21-/m1/s1. The molecule has 0 unspecified atom stereocenters. The third-order valence-electron chi connectivity index (χ3n) is 5.98. The summed E-state index contributed by atoms with van der Waals surface area (Å²) >= 11 is 0. The molecule has 1 aliphatic carbocycles. The van der Waals surface area contributed by atoms with Gasteiger partial charge in [-0.3, -0.25) is 4.79 Å². The van der Waals surface area contributed by atoms with Crippen LogP contribution in [0.2, 0.25) is 0 Å². The number of carbonyl (C=O) groups excluding carboxylic acids is 1. The minimum Gasteiger partial charge on any atom is -0.496 e. The zero-order valence-corrected chi connectivity index (χ0v) is 16.7. The lowest BCUT2D eigenvalue weighted by Crippen LogP contribution is -3.28. The van der Waals surface area contributed by atoms with Gasteiger partial charge in [-0.15, -0.1) is 0 Å². The summed E-state index contributed by atoms with van der Waals surface area (Å²) in [5, 5.41) is 12.4. The number of amides is 1. The van der Waals surface area contributed by atoms with Crippen LogP contribution in [-0.4, -0.2) is 51.3 Å². The van der Waals surface area contributed by atoms with Crippen molar-refractivity contribution in [3.8, 4) is 11.8 Å². The number of nitriles is 1. The van der Waals surface area contributed by atoms with E-state index in [9.17, 15) is 10.1 Å². The number of nitrogens with one attached hydrogen (secondary N) is 3. The fourth-order valence-corrected chi connectivity index (χ4v) is 4.07. The normalized spacial score (nSPS) is 24.5. The van der Waals surface area contributed by atoms with E-state index in [-0.39, 0.29) is 5.91 Å². The quantitative estimate of drug-likeness (QED) is 0.581. The number of ether oxygens (including phenoxy) is 1. The summed E-state index contributed by atoms with van der Waals surface area (Å²) in [6, 6.07) is 8.63. The fraction of sp³-hybridized carbons (Fsp3) is 0.619. The number of carbonyl (C=O) groups is 1. The molecule has 3 N–H and O–H groups in total. The number of aryl methyl sites for hydroxylation is 1. The van der Waals surface area contributed by atoms with Gasteiger partial charge in [-0.25, -0.2) is 0 Å². The first-order valence-corrected chi connectivity index (χ1v) is 9.96. The molecule has 1 aromatic carbocycles. The van der Waals surface area contributed by atoms with Gasteiger partial charge in [0.15, 0.2) is 6.54 Å². The van der Waals surface area contributed by atoms with Crippen molar-refractivity contribution in [2.75, 3.05) is 39.8 Å². The van der Waals surface area contributed by atoms with E-state index in [0.717, 1.165) is 51.3 Å². The monoisotopic (exact) mass is 372 g/mol. The molecule has 6 heteroatoms. The Bertz CT molecular complexity index is 717. The third-order valence-corrected chi connectivity index (χ3v) is 5.98. The molecule has 1 aromatic rings. The van der Waals surface area contributed by atoms with Gasteiger partial charge in [-0.05, 0) is 44.7 Å². The first-order valence-electron chi connectivity index (χ1n) is 9.96. The molecule has 146 valence electrons. The average molecular weight is 373 g/mol. The molecule has 1 saturated heterocycles. The molecule has 27 heavy (non-hydrogen) atoms. The van der Waals surface area contributed by atoms with E-state index >= 15 is 0 Å². The highest BCUT2D eigenvalue weighted by molar-refractivity contribution is 5.78. The molecule has 1 amide bonds.